The quantitative estimate of drug-likeness (QED) is 0.670. The SMILES string of the molecule is COc1c(C)cc(C(Cl)c2ccc(Cl)c(C)c2)cc1C. The number of alkyl halides is 1. The minimum absolute atomic E-state index is 0.186. The van der Waals surface area contributed by atoms with E-state index in [0.717, 1.165) is 38.6 Å². The van der Waals surface area contributed by atoms with E-state index in [1.165, 1.54) is 0 Å². The van der Waals surface area contributed by atoms with Gasteiger partial charge in [0.25, 0.3) is 0 Å². The van der Waals surface area contributed by atoms with Crippen LogP contribution in [0, 0.1) is 20.8 Å². The lowest BCUT2D eigenvalue weighted by Gasteiger charge is -2.16. The molecule has 3 heteroatoms. The standard InChI is InChI=1S/C17H18Cl2O/c1-10-7-13(5-6-15(10)18)16(19)14-8-11(2)17(20-4)12(3)9-14/h5-9,16H,1-4H3. The molecule has 0 fully saturated rings. The van der Waals surface area contributed by atoms with E-state index in [2.05, 4.69) is 12.1 Å². The molecule has 0 radical (unpaired) electrons. The molecule has 106 valence electrons. The molecule has 0 saturated heterocycles. The van der Waals surface area contributed by atoms with Gasteiger partial charge in [0.15, 0.2) is 0 Å². The molecule has 0 saturated carbocycles. The van der Waals surface area contributed by atoms with Gasteiger partial charge in [-0.2, -0.15) is 0 Å². The van der Waals surface area contributed by atoms with Gasteiger partial charge in [-0.15, -0.1) is 11.6 Å². The maximum Gasteiger partial charge on any atom is 0.124 e. The Balaban J connectivity index is 2.42. The van der Waals surface area contributed by atoms with E-state index >= 15 is 0 Å². The van der Waals surface area contributed by atoms with Crippen LogP contribution in [0.3, 0.4) is 0 Å². The number of benzene rings is 2. The topological polar surface area (TPSA) is 9.23 Å². The van der Waals surface area contributed by atoms with Crippen LogP contribution in [0.4, 0.5) is 0 Å². The zero-order valence-electron chi connectivity index (χ0n) is 12.1. The number of hydrogen-bond donors (Lipinski definition) is 0. The Hall–Kier alpha value is -1.18. The zero-order chi connectivity index (χ0) is 14.9. The predicted octanol–water partition coefficient (Wildman–Crippen LogP) is 5.60. The number of methoxy groups -OCH3 is 1. The average Bonchev–Trinajstić information content (AvgIpc) is 2.40. The number of hydrogen-bond acceptors (Lipinski definition) is 1. The van der Waals surface area contributed by atoms with E-state index in [1.807, 2.05) is 39.0 Å². The van der Waals surface area contributed by atoms with Crippen molar-refractivity contribution in [2.75, 3.05) is 7.11 Å². The van der Waals surface area contributed by atoms with Crippen molar-refractivity contribution in [2.45, 2.75) is 26.1 Å². The lowest BCUT2D eigenvalue weighted by molar-refractivity contribution is 0.408. The van der Waals surface area contributed by atoms with Gasteiger partial charge in [0.2, 0.25) is 0 Å². The van der Waals surface area contributed by atoms with Crippen molar-refractivity contribution < 1.29 is 4.74 Å². The molecule has 0 aliphatic heterocycles. The van der Waals surface area contributed by atoms with E-state index in [4.69, 9.17) is 27.9 Å². The molecule has 0 aromatic heterocycles. The highest BCUT2D eigenvalue weighted by Gasteiger charge is 2.15. The summed E-state index contributed by atoms with van der Waals surface area (Å²) in [4.78, 5) is 0. The molecular formula is C17H18Cl2O. The number of ether oxygens (including phenoxy) is 1. The Labute approximate surface area is 130 Å². The van der Waals surface area contributed by atoms with Gasteiger partial charge >= 0.3 is 0 Å². The minimum atomic E-state index is -0.186. The van der Waals surface area contributed by atoms with Gasteiger partial charge in [-0.25, -0.2) is 0 Å². The van der Waals surface area contributed by atoms with Gasteiger partial charge in [-0.1, -0.05) is 35.9 Å². The van der Waals surface area contributed by atoms with Crippen LogP contribution in [0.25, 0.3) is 0 Å². The molecule has 1 nitrogen and oxygen atoms in total. The molecule has 0 aliphatic carbocycles. The van der Waals surface area contributed by atoms with Crippen LogP contribution in [-0.4, -0.2) is 7.11 Å². The summed E-state index contributed by atoms with van der Waals surface area (Å²) >= 11 is 12.7. The van der Waals surface area contributed by atoms with E-state index in [1.54, 1.807) is 7.11 Å². The highest BCUT2D eigenvalue weighted by molar-refractivity contribution is 6.31. The van der Waals surface area contributed by atoms with Gasteiger partial charge < -0.3 is 4.74 Å². The highest BCUT2D eigenvalue weighted by atomic mass is 35.5. The molecule has 0 N–H and O–H groups in total. The fourth-order valence-electron chi connectivity index (χ4n) is 2.47. The van der Waals surface area contributed by atoms with Crippen LogP contribution in [0.2, 0.25) is 5.02 Å². The molecule has 20 heavy (non-hydrogen) atoms. The van der Waals surface area contributed by atoms with E-state index in [9.17, 15) is 0 Å². The van der Waals surface area contributed by atoms with Gasteiger partial charge in [-0.05, 0) is 54.7 Å². The summed E-state index contributed by atoms with van der Waals surface area (Å²) in [5, 5.41) is 0.578. The van der Waals surface area contributed by atoms with Crippen LogP contribution in [0.5, 0.6) is 5.75 Å². The second-order valence-corrected chi connectivity index (χ2v) is 5.90. The van der Waals surface area contributed by atoms with Gasteiger partial charge in [0.05, 0.1) is 12.5 Å². The third kappa shape index (κ3) is 2.94. The fraction of sp³-hybridized carbons (Fsp3) is 0.294. The normalized spacial score (nSPS) is 12.3. The molecule has 0 aliphatic rings. The first-order valence-corrected chi connectivity index (χ1v) is 7.30. The lowest BCUT2D eigenvalue weighted by Crippen LogP contribution is -1.98. The third-order valence-corrected chi connectivity index (χ3v) is 4.38. The lowest BCUT2D eigenvalue weighted by atomic mass is 9.98. The van der Waals surface area contributed by atoms with Crippen LogP contribution in [0.15, 0.2) is 30.3 Å². The molecule has 1 unspecified atom stereocenters. The number of halogens is 2. The first-order valence-electron chi connectivity index (χ1n) is 6.49. The van der Waals surface area contributed by atoms with Crippen LogP contribution in [0.1, 0.15) is 33.2 Å². The molecule has 0 amide bonds. The number of rotatable bonds is 3. The molecule has 1 atom stereocenters. The van der Waals surface area contributed by atoms with Gasteiger partial charge in [0, 0.05) is 5.02 Å². The maximum absolute atomic E-state index is 6.61. The number of aryl methyl sites for hydroxylation is 3. The smallest absolute Gasteiger partial charge is 0.124 e. The summed E-state index contributed by atoms with van der Waals surface area (Å²) in [6, 6.07) is 10.1. The Kier molecular flexibility index (Phi) is 4.62. The van der Waals surface area contributed by atoms with Crippen LogP contribution in [-0.2, 0) is 0 Å². The largest absolute Gasteiger partial charge is 0.496 e. The van der Waals surface area contributed by atoms with Gasteiger partial charge in [0.1, 0.15) is 5.75 Å². The summed E-state index contributed by atoms with van der Waals surface area (Å²) in [6.07, 6.45) is 0. The van der Waals surface area contributed by atoms with Crippen molar-refractivity contribution in [2.24, 2.45) is 0 Å². The summed E-state index contributed by atoms with van der Waals surface area (Å²) in [6.45, 7) is 6.05. The van der Waals surface area contributed by atoms with Crippen molar-refractivity contribution in [3.63, 3.8) is 0 Å². The molecule has 0 heterocycles. The highest BCUT2D eigenvalue weighted by Crippen LogP contribution is 2.34. The van der Waals surface area contributed by atoms with Gasteiger partial charge in [-0.3, -0.25) is 0 Å². The summed E-state index contributed by atoms with van der Waals surface area (Å²) in [7, 11) is 1.69. The predicted molar refractivity (Wildman–Crippen MR) is 86.4 cm³/mol. The Morgan fingerprint density at radius 3 is 1.95 bits per heavy atom. The maximum atomic E-state index is 6.61. The van der Waals surface area contributed by atoms with Crippen LogP contribution < -0.4 is 4.74 Å². The molecule has 2 rings (SSSR count). The van der Waals surface area contributed by atoms with Crippen molar-refractivity contribution in [1.82, 2.24) is 0 Å². The van der Waals surface area contributed by atoms with Crippen molar-refractivity contribution in [1.29, 1.82) is 0 Å². The Bertz CT molecular complexity index is 612. The second kappa shape index (κ2) is 6.07. The molecular weight excluding hydrogens is 291 g/mol. The van der Waals surface area contributed by atoms with E-state index in [-0.39, 0.29) is 5.38 Å². The van der Waals surface area contributed by atoms with Crippen molar-refractivity contribution in [3.8, 4) is 5.75 Å². The molecule has 0 bridgehead atoms. The Morgan fingerprint density at radius 1 is 0.900 bits per heavy atom. The van der Waals surface area contributed by atoms with Crippen LogP contribution >= 0.6 is 23.2 Å². The third-order valence-electron chi connectivity index (χ3n) is 3.45. The monoisotopic (exact) mass is 308 g/mol. The second-order valence-electron chi connectivity index (χ2n) is 5.06. The zero-order valence-corrected chi connectivity index (χ0v) is 13.6. The molecule has 2 aromatic rings. The minimum Gasteiger partial charge on any atom is -0.496 e. The fourth-order valence-corrected chi connectivity index (χ4v) is 2.85. The first kappa shape index (κ1) is 15.2. The van der Waals surface area contributed by atoms with Crippen molar-refractivity contribution >= 4 is 23.2 Å². The first-order chi connectivity index (χ1) is 9.43. The summed E-state index contributed by atoms with van der Waals surface area (Å²) in [5.74, 6) is 0.921. The van der Waals surface area contributed by atoms with E-state index < -0.39 is 0 Å². The Morgan fingerprint density at radius 2 is 1.45 bits per heavy atom. The molecule has 0 spiro atoms. The average molecular weight is 309 g/mol. The summed E-state index contributed by atoms with van der Waals surface area (Å²) < 4.78 is 5.39. The summed E-state index contributed by atoms with van der Waals surface area (Å²) in [5.41, 5.74) is 5.36. The molecule has 2 aromatic carbocycles. The van der Waals surface area contributed by atoms with Crippen molar-refractivity contribution in [3.05, 3.63) is 63.2 Å². The van der Waals surface area contributed by atoms with E-state index in [0.29, 0.717) is 0 Å².